The Hall–Kier alpha value is -1.99. The Morgan fingerprint density at radius 1 is 1.38 bits per heavy atom. The standard InChI is InChI=1S/C12H11NO3/c1-14-10-4-3-8-5-9(7-13)12(15-2)16-11(8)6-10/h3-6,12H,1-2H3. The summed E-state index contributed by atoms with van der Waals surface area (Å²) in [5, 5.41) is 8.92. The van der Waals surface area contributed by atoms with Crippen molar-refractivity contribution in [2.75, 3.05) is 14.2 Å². The fraction of sp³-hybridized carbons (Fsp3) is 0.250. The third-order valence-corrected chi connectivity index (χ3v) is 2.36. The molecule has 0 bridgehead atoms. The molecule has 1 aromatic carbocycles. The van der Waals surface area contributed by atoms with E-state index in [9.17, 15) is 0 Å². The minimum atomic E-state index is -0.635. The molecule has 0 aliphatic carbocycles. The Bertz CT molecular complexity index is 474. The molecule has 1 atom stereocenters. The van der Waals surface area contributed by atoms with Gasteiger partial charge in [-0.2, -0.15) is 5.26 Å². The summed E-state index contributed by atoms with van der Waals surface area (Å²) in [6, 6.07) is 7.49. The van der Waals surface area contributed by atoms with Crippen LogP contribution in [0.4, 0.5) is 0 Å². The predicted molar refractivity (Wildman–Crippen MR) is 58.0 cm³/mol. The molecule has 1 aliphatic heterocycles. The maximum absolute atomic E-state index is 8.92. The molecule has 1 aliphatic rings. The number of hydrogen-bond donors (Lipinski definition) is 0. The number of nitrogens with zero attached hydrogens (tertiary/aromatic N) is 1. The van der Waals surface area contributed by atoms with Gasteiger partial charge in [-0.05, 0) is 18.2 Å². The van der Waals surface area contributed by atoms with E-state index in [0.717, 1.165) is 5.56 Å². The van der Waals surface area contributed by atoms with Crippen molar-refractivity contribution in [2.45, 2.75) is 6.29 Å². The molecule has 0 amide bonds. The second-order valence-electron chi connectivity index (χ2n) is 3.30. The maximum atomic E-state index is 8.92. The minimum Gasteiger partial charge on any atom is -0.497 e. The van der Waals surface area contributed by atoms with Crippen molar-refractivity contribution < 1.29 is 14.2 Å². The van der Waals surface area contributed by atoms with Crippen LogP contribution in [-0.4, -0.2) is 20.5 Å². The number of fused-ring (bicyclic) bond motifs is 1. The number of methoxy groups -OCH3 is 2. The van der Waals surface area contributed by atoms with E-state index < -0.39 is 6.29 Å². The Morgan fingerprint density at radius 2 is 2.19 bits per heavy atom. The Balaban J connectivity index is 2.44. The quantitative estimate of drug-likeness (QED) is 0.759. The van der Waals surface area contributed by atoms with E-state index in [0.29, 0.717) is 17.1 Å². The highest BCUT2D eigenvalue weighted by atomic mass is 16.7. The molecule has 4 nitrogen and oxygen atoms in total. The average molecular weight is 217 g/mol. The maximum Gasteiger partial charge on any atom is 0.236 e. The summed E-state index contributed by atoms with van der Waals surface area (Å²) in [7, 11) is 3.09. The van der Waals surface area contributed by atoms with Crippen molar-refractivity contribution in [3.05, 3.63) is 29.3 Å². The Morgan fingerprint density at radius 3 is 2.81 bits per heavy atom. The van der Waals surface area contributed by atoms with E-state index in [1.165, 1.54) is 7.11 Å². The summed E-state index contributed by atoms with van der Waals surface area (Å²) in [5.74, 6) is 1.37. The van der Waals surface area contributed by atoms with Crippen LogP contribution in [0.25, 0.3) is 6.08 Å². The van der Waals surface area contributed by atoms with Gasteiger partial charge in [-0.15, -0.1) is 0 Å². The fourth-order valence-electron chi connectivity index (χ4n) is 1.54. The van der Waals surface area contributed by atoms with Crippen molar-refractivity contribution in [2.24, 2.45) is 0 Å². The van der Waals surface area contributed by atoms with Crippen molar-refractivity contribution in [3.63, 3.8) is 0 Å². The zero-order valence-corrected chi connectivity index (χ0v) is 9.06. The van der Waals surface area contributed by atoms with Gasteiger partial charge in [-0.25, -0.2) is 0 Å². The third-order valence-electron chi connectivity index (χ3n) is 2.36. The Labute approximate surface area is 93.7 Å². The number of benzene rings is 1. The van der Waals surface area contributed by atoms with Crippen LogP contribution in [0.5, 0.6) is 11.5 Å². The molecule has 4 heteroatoms. The number of rotatable bonds is 2. The van der Waals surface area contributed by atoms with Crippen LogP contribution in [0, 0.1) is 11.3 Å². The average Bonchev–Trinajstić information content (AvgIpc) is 2.36. The number of hydrogen-bond acceptors (Lipinski definition) is 4. The van der Waals surface area contributed by atoms with E-state index in [1.54, 1.807) is 19.3 Å². The lowest BCUT2D eigenvalue weighted by Crippen LogP contribution is -2.23. The predicted octanol–water partition coefficient (Wildman–Crippen LogP) is 1.97. The molecule has 0 fully saturated rings. The van der Waals surface area contributed by atoms with Gasteiger partial charge in [0.15, 0.2) is 0 Å². The zero-order valence-electron chi connectivity index (χ0n) is 9.06. The first kappa shape index (κ1) is 10.5. The van der Waals surface area contributed by atoms with Gasteiger partial charge >= 0.3 is 0 Å². The van der Waals surface area contributed by atoms with Crippen LogP contribution in [0.15, 0.2) is 23.8 Å². The summed E-state index contributed by atoms with van der Waals surface area (Å²) >= 11 is 0. The Kier molecular flexibility index (Phi) is 2.80. The molecule has 2 rings (SSSR count). The lowest BCUT2D eigenvalue weighted by Gasteiger charge is -2.22. The van der Waals surface area contributed by atoms with Gasteiger partial charge in [0.05, 0.1) is 12.7 Å². The van der Waals surface area contributed by atoms with Crippen LogP contribution < -0.4 is 9.47 Å². The highest BCUT2D eigenvalue weighted by molar-refractivity contribution is 5.66. The van der Waals surface area contributed by atoms with Crippen molar-refractivity contribution in [1.82, 2.24) is 0 Å². The second-order valence-corrected chi connectivity index (χ2v) is 3.30. The van der Waals surface area contributed by atoms with Crippen LogP contribution >= 0.6 is 0 Å². The highest BCUT2D eigenvalue weighted by Gasteiger charge is 2.22. The van der Waals surface area contributed by atoms with Crippen molar-refractivity contribution in [1.29, 1.82) is 5.26 Å². The summed E-state index contributed by atoms with van der Waals surface area (Å²) < 4.78 is 15.7. The largest absolute Gasteiger partial charge is 0.497 e. The molecular formula is C12H11NO3. The van der Waals surface area contributed by atoms with Gasteiger partial charge in [0.25, 0.3) is 0 Å². The van der Waals surface area contributed by atoms with Crippen LogP contribution in [0.3, 0.4) is 0 Å². The number of nitriles is 1. The summed E-state index contributed by atoms with van der Waals surface area (Å²) in [4.78, 5) is 0. The van der Waals surface area contributed by atoms with Crippen LogP contribution in [-0.2, 0) is 4.74 Å². The van der Waals surface area contributed by atoms with Gasteiger partial charge in [-0.1, -0.05) is 0 Å². The molecule has 0 saturated heterocycles. The SMILES string of the molecule is COc1ccc2c(c1)OC(OC)C(C#N)=C2. The first-order valence-corrected chi connectivity index (χ1v) is 4.77. The molecule has 0 N–H and O–H groups in total. The van der Waals surface area contributed by atoms with E-state index in [2.05, 4.69) is 6.07 Å². The van der Waals surface area contributed by atoms with E-state index in [4.69, 9.17) is 19.5 Å². The summed E-state index contributed by atoms with van der Waals surface area (Å²) in [6.45, 7) is 0. The molecule has 0 aromatic heterocycles. The highest BCUT2D eigenvalue weighted by Crippen LogP contribution is 2.32. The van der Waals surface area contributed by atoms with Crippen molar-refractivity contribution in [3.8, 4) is 17.6 Å². The van der Waals surface area contributed by atoms with Gasteiger partial charge in [0, 0.05) is 18.7 Å². The van der Waals surface area contributed by atoms with Crippen LogP contribution in [0.2, 0.25) is 0 Å². The molecule has 82 valence electrons. The lowest BCUT2D eigenvalue weighted by atomic mass is 10.1. The van der Waals surface area contributed by atoms with Crippen LogP contribution in [0.1, 0.15) is 5.56 Å². The van der Waals surface area contributed by atoms with E-state index in [-0.39, 0.29) is 0 Å². The van der Waals surface area contributed by atoms with Gasteiger partial charge < -0.3 is 14.2 Å². The van der Waals surface area contributed by atoms with Gasteiger partial charge in [-0.3, -0.25) is 0 Å². The molecule has 1 unspecified atom stereocenters. The first-order valence-electron chi connectivity index (χ1n) is 4.77. The number of ether oxygens (including phenoxy) is 3. The molecule has 1 aromatic rings. The fourth-order valence-corrected chi connectivity index (χ4v) is 1.54. The normalized spacial score (nSPS) is 17.8. The molecule has 0 spiro atoms. The minimum absolute atomic E-state index is 0.458. The molecule has 16 heavy (non-hydrogen) atoms. The molecule has 0 saturated carbocycles. The topological polar surface area (TPSA) is 51.5 Å². The molecular weight excluding hydrogens is 206 g/mol. The monoisotopic (exact) mass is 217 g/mol. The summed E-state index contributed by atoms with van der Waals surface area (Å²) in [5.41, 5.74) is 1.31. The van der Waals surface area contributed by atoms with E-state index in [1.807, 2.05) is 12.1 Å². The summed E-state index contributed by atoms with van der Waals surface area (Å²) in [6.07, 6.45) is 1.12. The third kappa shape index (κ3) is 1.73. The van der Waals surface area contributed by atoms with E-state index >= 15 is 0 Å². The second kappa shape index (κ2) is 4.25. The van der Waals surface area contributed by atoms with Gasteiger partial charge in [0.2, 0.25) is 6.29 Å². The molecule has 1 heterocycles. The lowest BCUT2D eigenvalue weighted by molar-refractivity contribution is -0.0229. The first-order chi connectivity index (χ1) is 7.78. The van der Waals surface area contributed by atoms with Crippen molar-refractivity contribution >= 4 is 6.08 Å². The van der Waals surface area contributed by atoms with Gasteiger partial charge in [0.1, 0.15) is 17.6 Å². The zero-order chi connectivity index (χ0) is 11.5. The molecule has 0 radical (unpaired) electrons. The smallest absolute Gasteiger partial charge is 0.236 e.